The van der Waals surface area contributed by atoms with Crippen LogP contribution in [0, 0.1) is 20.8 Å². The molecule has 0 spiro atoms. The molecule has 108 valence electrons. The highest BCUT2D eigenvalue weighted by molar-refractivity contribution is 6.02. The molecule has 0 bridgehead atoms. The minimum absolute atomic E-state index is 0.0873. The molecule has 0 radical (unpaired) electrons. The van der Waals surface area contributed by atoms with Crippen molar-refractivity contribution >= 4 is 5.78 Å². The number of fused-ring (bicyclic) bond motifs is 1. The smallest absolute Gasteiger partial charge is 0.170 e. The van der Waals surface area contributed by atoms with Crippen molar-refractivity contribution in [3.63, 3.8) is 0 Å². The number of benzene rings is 2. The molecule has 1 atom stereocenters. The zero-order valence-electron chi connectivity index (χ0n) is 12.8. The van der Waals surface area contributed by atoms with E-state index in [1.54, 1.807) is 0 Å². The van der Waals surface area contributed by atoms with Crippen LogP contribution in [0.2, 0.25) is 0 Å². The maximum Gasteiger partial charge on any atom is 0.170 e. The van der Waals surface area contributed by atoms with E-state index in [0.29, 0.717) is 6.61 Å². The Kier molecular flexibility index (Phi) is 3.54. The fourth-order valence-electron chi connectivity index (χ4n) is 3.03. The Balaban J connectivity index is 2.03. The molecule has 0 saturated heterocycles. The third-order valence-electron chi connectivity index (χ3n) is 4.38. The molecule has 0 N–H and O–H groups in total. The van der Waals surface area contributed by atoms with Gasteiger partial charge in [0.15, 0.2) is 5.78 Å². The summed E-state index contributed by atoms with van der Waals surface area (Å²) in [6.45, 7) is 6.77. The van der Waals surface area contributed by atoms with Crippen LogP contribution in [-0.4, -0.2) is 12.4 Å². The third kappa shape index (κ3) is 2.46. The summed E-state index contributed by atoms with van der Waals surface area (Å²) in [7, 11) is 0. The normalized spacial score (nSPS) is 17.0. The SMILES string of the molecule is Cc1cc(C)c(C(=O)C2CCOc3ccccc32)cc1C. The van der Waals surface area contributed by atoms with Crippen molar-refractivity contribution in [1.82, 2.24) is 0 Å². The molecule has 21 heavy (non-hydrogen) atoms. The van der Waals surface area contributed by atoms with E-state index < -0.39 is 0 Å². The number of Topliss-reactive ketones (excluding diaryl/α,β-unsaturated/α-hetero) is 1. The first-order valence-electron chi connectivity index (χ1n) is 7.41. The van der Waals surface area contributed by atoms with Gasteiger partial charge in [0, 0.05) is 11.1 Å². The van der Waals surface area contributed by atoms with Crippen LogP contribution in [0.1, 0.15) is 45.0 Å². The van der Waals surface area contributed by atoms with E-state index in [9.17, 15) is 4.79 Å². The van der Waals surface area contributed by atoms with Crippen molar-refractivity contribution in [1.29, 1.82) is 0 Å². The average molecular weight is 280 g/mol. The molecule has 0 aliphatic carbocycles. The zero-order valence-corrected chi connectivity index (χ0v) is 12.8. The highest BCUT2D eigenvalue weighted by Crippen LogP contribution is 2.36. The molecule has 1 unspecified atom stereocenters. The van der Waals surface area contributed by atoms with Crippen molar-refractivity contribution in [2.75, 3.05) is 6.61 Å². The third-order valence-corrected chi connectivity index (χ3v) is 4.38. The van der Waals surface area contributed by atoms with E-state index in [2.05, 4.69) is 19.9 Å². The van der Waals surface area contributed by atoms with Gasteiger partial charge in [-0.2, -0.15) is 0 Å². The maximum absolute atomic E-state index is 13.0. The fraction of sp³-hybridized carbons (Fsp3) is 0.316. The van der Waals surface area contributed by atoms with Gasteiger partial charge in [-0.3, -0.25) is 4.79 Å². The quantitative estimate of drug-likeness (QED) is 0.764. The summed E-state index contributed by atoms with van der Waals surface area (Å²) in [6.07, 6.45) is 0.752. The van der Waals surface area contributed by atoms with Crippen molar-refractivity contribution in [2.24, 2.45) is 0 Å². The van der Waals surface area contributed by atoms with Gasteiger partial charge in [-0.15, -0.1) is 0 Å². The molecule has 1 aliphatic rings. The molecule has 0 saturated carbocycles. The van der Waals surface area contributed by atoms with Crippen LogP contribution in [0.15, 0.2) is 36.4 Å². The fourth-order valence-corrected chi connectivity index (χ4v) is 3.03. The summed E-state index contributed by atoms with van der Waals surface area (Å²) in [5, 5.41) is 0. The van der Waals surface area contributed by atoms with E-state index in [-0.39, 0.29) is 11.7 Å². The Hall–Kier alpha value is -2.09. The number of ether oxygens (including phenoxy) is 1. The second-order valence-corrected chi connectivity index (χ2v) is 5.84. The molecule has 1 aliphatic heterocycles. The van der Waals surface area contributed by atoms with Gasteiger partial charge >= 0.3 is 0 Å². The lowest BCUT2D eigenvalue weighted by Gasteiger charge is -2.25. The summed E-state index contributed by atoms with van der Waals surface area (Å²) in [5.74, 6) is 0.977. The van der Waals surface area contributed by atoms with Crippen LogP contribution in [-0.2, 0) is 0 Å². The summed E-state index contributed by atoms with van der Waals surface area (Å²) in [6, 6.07) is 12.0. The van der Waals surface area contributed by atoms with Crippen molar-refractivity contribution in [3.05, 3.63) is 64.2 Å². The van der Waals surface area contributed by atoms with E-state index >= 15 is 0 Å². The molecular formula is C19H20O2. The minimum Gasteiger partial charge on any atom is -0.493 e. The molecule has 1 heterocycles. The molecule has 2 aromatic carbocycles. The number of rotatable bonds is 2. The first-order valence-corrected chi connectivity index (χ1v) is 7.41. The average Bonchev–Trinajstić information content (AvgIpc) is 2.49. The lowest BCUT2D eigenvalue weighted by molar-refractivity contribution is 0.0932. The Morgan fingerprint density at radius 3 is 2.57 bits per heavy atom. The Morgan fingerprint density at radius 2 is 1.76 bits per heavy atom. The number of carbonyl (C=O) groups is 1. The van der Waals surface area contributed by atoms with Gasteiger partial charge in [0.2, 0.25) is 0 Å². The van der Waals surface area contributed by atoms with Gasteiger partial charge in [-0.05, 0) is 56.0 Å². The predicted octanol–water partition coefficient (Wildman–Crippen LogP) is 4.36. The minimum atomic E-state index is -0.0873. The van der Waals surface area contributed by atoms with E-state index in [4.69, 9.17) is 4.74 Å². The lowest BCUT2D eigenvalue weighted by Crippen LogP contribution is -2.22. The van der Waals surface area contributed by atoms with E-state index in [0.717, 1.165) is 28.9 Å². The van der Waals surface area contributed by atoms with Crippen molar-refractivity contribution in [2.45, 2.75) is 33.1 Å². The summed E-state index contributed by atoms with van der Waals surface area (Å²) in [4.78, 5) is 13.0. The summed E-state index contributed by atoms with van der Waals surface area (Å²) >= 11 is 0. The first-order chi connectivity index (χ1) is 10.1. The van der Waals surface area contributed by atoms with Crippen molar-refractivity contribution < 1.29 is 9.53 Å². The largest absolute Gasteiger partial charge is 0.493 e. The molecule has 3 rings (SSSR count). The highest BCUT2D eigenvalue weighted by atomic mass is 16.5. The summed E-state index contributed by atoms with van der Waals surface area (Å²) < 4.78 is 5.66. The van der Waals surface area contributed by atoms with Gasteiger partial charge in [0.25, 0.3) is 0 Å². The molecular weight excluding hydrogens is 260 g/mol. The maximum atomic E-state index is 13.0. The predicted molar refractivity (Wildman–Crippen MR) is 84.3 cm³/mol. The number of carbonyl (C=O) groups excluding carboxylic acids is 1. The second-order valence-electron chi connectivity index (χ2n) is 5.84. The Labute approximate surface area is 125 Å². The van der Waals surface area contributed by atoms with Gasteiger partial charge in [-0.25, -0.2) is 0 Å². The first kappa shape index (κ1) is 13.9. The van der Waals surface area contributed by atoms with E-state index in [1.807, 2.05) is 37.3 Å². The van der Waals surface area contributed by atoms with Gasteiger partial charge in [0.05, 0.1) is 12.5 Å². The van der Waals surface area contributed by atoms with Crippen LogP contribution >= 0.6 is 0 Å². The zero-order chi connectivity index (χ0) is 15.0. The lowest BCUT2D eigenvalue weighted by atomic mass is 9.84. The van der Waals surface area contributed by atoms with Crippen LogP contribution in [0.25, 0.3) is 0 Å². The topological polar surface area (TPSA) is 26.3 Å². The number of hydrogen-bond donors (Lipinski definition) is 0. The van der Waals surface area contributed by atoms with Crippen molar-refractivity contribution in [3.8, 4) is 5.75 Å². The molecule has 0 amide bonds. The van der Waals surface area contributed by atoms with Gasteiger partial charge in [-0.1, -0.05) is 24.3 Å². The van der Waals surface area contributed by atoms with Crippen LogP contribution < -0.4 is 4.74 Å². The molecule has 2 aromatic rings. The van der Waals surface area contributed by atoms with Gasteiger partial charge < -0.3 is 4.74 Å². The number of aryl methyl sites for hydroxylation is 3. The van der Waals surface area contributed by atoms with Crippen LogP contribution in [0.5, 0.6) is 5.75 Å². The van der Waals surface area contributed by atoms with Crippen LogP contribution in [0.3, 0.4) is 0 Å². The Bertz CT molecular complexity index is 701. The molecule has 2 nitrogen and oxygen atoms in total. The van der Waals surface area contributed by atoms with E-state index in [1.165, 1.54) is 11.1 Å². The van der Waals surface area contributed by atoms with Gasteiger partial charge in [0.1, 0.15) is 5.75 Å². The Morgan fingerprint density at radius 1 is 1.05 bits per heavy atom. The second kappa shape index (κ2) is 5.36. The standard InChI is InChI=1S/C19H20O2/c1-12-10-14(3)17(11-13(12)2)19(20)16-8-9-21-18-7-5-4-6-15(16)18/h4-7,10-11,16H,8-9H2,1-3H3. The molecule has 0 aromatic heterocycles. The highest BCUT2D eigenvalue weighted by Gasteiger charge is 2.29. The van der Waals surface area contributed by atoms with Crippen LogP contribution in [0.4, 0.5) is 0 Å². The molecule has 0 fully saturated rings. The summed E-state index contributed by atoms with van der Waals surface area (Å²) in [5.41, 5.74) is 5.33. The number of hydrogen-bond acceptors (Lipinski definition) is 2. The number of ketones is 1. The molecule has 2 heteroatoms. The monoisotopic (exact) mass is 280 g/mol. The number of para-hydroxylation sites is 1.